The van der Waals surface area contributed by atoms with Gasteiger partial charge in [0.25, 0.3) is 0 Å². The number of nitrogens with one attached hydrogen (secondary N) is 1. The van der Waals surface area contributed by atoms with Gasteiger partial charge in [-0.05, 0) is 31.9 Å². The Hall–Kier alpha value is -2.82. The zero-order chi connectivity index (χ0) is 19.7. The minimum absolute atomic E-state index is 0.235. The minimum atomic E-state index is -1.19. The predicted octanol–water partition coefficient (Wildman–Crippen LogP) is 4.00. The fraction of sp³-hybridized carbons (Fsp3) is 0.364. The van der Waals surface area contributed by atoms with E-state index in [9.17, 15) is 9.59 Å². The van der Waals surface area contributed by atoms with Gasteiger partial charge in [0.15, 0.2) is 5.54 Å². The van der Waals surface area contributed by atoms with Crippen molar-refractivity contribution in [3.8, 4) is 0 Å². The zero-order valence-electron chi connectivity index (χ0n) is 16.1. The fourth-order valence-electron chi connectivity index (χ4n) is 3.72. The van der Waals surface area contributed by atoms with Crippen LogP contribution in [0.4, 0.5) is 4.79 Å². The number of benzene rings is 2. The second-order valence-electron chi connectivity index (χ2n) is 7.76. The first kappa shape index (κ1) is 19.0. The van der Waals surface area contributed by atoms with E-state index >= 15 is 0 Å². The van der Waals surface area contributed by atoms with Gasteiger partial charge in [-0.3, -0.25) is 0 Å². The lowest BCUT2D eigenvalue weighted by Gasteiger charge is -2.23. The molecule has 1 fully saturated rings. The summed E-state index contributed by atoms with van der Waals surface area (Å²) in [6.07, 6.45) is -0.632. The van der Waals surface area contributed by atoms with E-state index in [2.05, 4.69) is 5.32 Å². The highest BCUT2D eigenvalue weighted by Crippen LogP contribution is 2.64. The molecule has 2 aromatic carbocycles. The van der Waals surface area contributed by atoms with Crippen LogP contribution in [0.1, 0.15) is 43.7 Å². The zero-order valence-corrected chi connectivity index (χ0v) is 16.1. The van der Waals surface area contributed by atoms with E-state index in [-0.39, 0.29) is 11.8 Å². The largest absolute Gasteiger partial charge is 0.467 e. The number of rotatable bonds is 4. The average molecular weight is 367 g/mol. The smallest absolute Gasteiger partial charge is 0.408 e. The molecule has 0 unspecified atom stereocenters. The highest BCUT2D eigenvalue weighted by Gasteiger charge is 2.72. The van der Waals surface area contributed by atoms with Crippen molar-refractivity contribution in [3.63, 3.8) is 0 Å². The minimum Gasteiger partial charge on any atom is -0.467 e. The predicted molar refractivity (Wildman–Crippen MR) is 102 cm³/mol. The summed E-state index contributed by atoms with van der Waals surface area (Å²) in [4.78, 5) is 25.4. The number of hydrogen-bond acceptors (Lipinski definition) is 4. The Morgan fingerprint density at radius 1 is 0.889 bits per heavy atom. The number of alkyl carbamates (subject to hydrolysis) is 1. The number of ether oxygens (including phenoxy) is 2. The summed E-state index contributed by atoms with van der Waals surface area (Å²) in [6, 6.07) is 19.4. The molecule has 0 radical (unpaired) electrons. The molecule has 1 saturated carbocycles. The summed E-state index contributed by atoms with van der Waals surface area (Å²) in [5.41, 5.74) is 0.0706. The SMILES string of the molecule is COC(=O)C1(NC(=O)OC(C)(C)C)[C@H](c2ccccc2)[C@H]1c1ccccc1. The van der Waals surface area contributed by atoms with E-state index < -0.39 is 23.2 Å². The van der Waals surface area contributed by atoms with Gasteiger partial charge in [-0.25, -0.2) is 9.59 Å². The molecule has 0 heterocycles. The van der Waals surface area contributed by atoms with Crippen LogP contribution in [0.15, 0.2) is 60.7 Å². The van der Waals surface area contributed by atoms with Gasteiger partial charge in [0, 0.05) is 11.8 Å². The van der Waals surface area contributed by atoms with Crippen molar-refractivity contribution in [2.24, 2.45) is 0 Å². The van der Waals surface area contributed by atoms with Crippen LogP contribution in [0.3, 0.4) is 0 Å². The van der Waals surface area contributed by atoms with E-state index in [4.69, 9.17) is 9.47 Å². The molecule has 0 aromatic heterocycles. The number of methoxy groups -OCH3 is 1. The maximum absolute atomic E-state index is 12.9. The molecule has 2 aromatic rings. The van der Waals surface area contributed by atoms with Crippen molar-refractivity contribution in [2.75, 3.05) is 7.11 Å². The maximum atomic E-state index is 12.9. The number of esters is 1. The Balaban J connectivity index is 2.03. The Morgan fingerprint density at radius 2 is 1.33 bits per heavy atom. The summed E-state index contributed by atoms with van der Waals surface area (Å²) in [5.74, 6) is -0.946. The lowest BCUT2D eigenvalue weighted by Crippen LogP contribution is -2.48. The Morgan fingerprint density at radius 3 is 1.70 bits per heavy atom. The van der Waals surface area contributed by atoms with Gasteiger partial charge in [-0.15, -0.1) is 0 Å². The van der Waals surface area contributed by atoms with Crippen LogP contribution in [0.25, 0.3) is 0 Å². The summed E-state index contributed by atoms with van der Waals surface area (Å²) in [7, 11) is 1.34. The van der Waals surface area contributed by atoms with Gasteiger partial charge in [0.05, 0.1) is 7.11 Å². The molecule has 0 bridgehead atoms. The molecule has 1 amide bonds. The van der Waals surface area contributed by atoms with Crippen LogP contribution in [0.5, 0.6) is 0 Å². The van der Waals surface area contributed by atoms with Crippen molar-refractivity contribution in [2.45, 2.75) is 43.7 Å². The van der Waals surface area contributed by atoms with Gasteiger partial charge in [-0.1, -0.05) is 60.7 Å². The van der Waals surface area contributed by atoms with E-state index in [1.165, 1.54) is 7.11 Å². The summed E-state index contributed by atoms with van der Waals surface area (Å²) >= 11 is 0. The van der Waals surface area contributed by atoms with E-state index in [1.807, 2.05) is 60.7 Å². The van der Waals surface area contributed by atoms with Crippen LogP contribution in [-0.4, -0.2) is 30.3 Å². The summed E-state index contributed by atoms with van der Waals surface area (Å²) in [5, 5.41) is 2.84. The summed E-state index contributed by atoms with van der Waals surface area (Å²) < 4.78 is 10.5. The van der Waals surface area contributed by atoms with E-state index in [1.54, 1.807) is 20.8 Å². The average Bonchev–Trinajstić information content (AvgIpc) is 3.30. The van der Waals surface area contributed by atoms with Gasteiger partial charge >= 0.3 is 12.1 Å². The second-order valence-corrected chi connectivity index (χ2v) is 7.76. The molecule has 27 heavy (non-hydrogen) atoms. The van der Waals surface area contributed by atoms with Crippen LogP contribution >= 0.6 is 0 Å². The van der Waals surface area contributed by atoms with Crippen LogP contribution in [0.2, 0.25) is 0 Å². The van der Waals surface area contributed by atoms with E-state index in [0.717, 1.165) is 11.1 Å². The molecule has 5 nitrogen and oxygen atoms in total. The monoisotopic (exact) mass is 367 g/mol. The first-order valence-electron chi connectivity index (χ1n) is 8.99. The normalized spacial score (nSPS) is 24.0. The fourth-order valence-corrected chi connectivity index (χ4v) is 3.72. The Labute approximate surface area is 159 Å². The van der Waals surface area contributed by atoms with E-state index in [0.29, 0.717) is 0 Å². The van der Waals surface area contributed by atoms with Crippen LogP contribution < -0.4 is 5.32 Å². The molecule has 5 heteroatoms. The van der Waals surface area contributed by atoms with Gasteiger partial charge in [0.1, 0.15) is 5.60 Å². The molecule has 0 saturated heterocycles. The Kier molecular flexibility index (Phi) is 4.96. The molecular formula is C22H25NO4. The van der Waals surface area contributed by atoms with Crippen molar-refractivity contribution in [1.82, 2.24) is 5.32 Å². The third-order valence-corrected chi connectivity index (χ3v) is 4.75. The van der Waals surface area contributed by atoms with Crippen molar-refractivity contribution in [3.05, 3.63) is 71.8 Å². The lowest BCUT2D eigenvalue weighted by molar-refractivity contribution is -0.144. The number of amides is 1. The quantitative estimate of drug-likeness (QED) is 0.830. The first-order chi connectivity index (χ1) is 12.8. The summed E-state index contributed by atoms with van der Waals surface area (Å²) in [6.45, 7) is 5.36. The van der Waals surface area contributed by atoms with Crippen LogP contribution in [-0.2, 0) is 14.3 Å². The number of hydrogen-bond donors (Lipinski definition) is 1. The van der Waals surface area contributed by atoms with Crippen LogP contribution in [0, 0.1) is 0 Å². The van der Waals surface area contributed by atoms with Gasteiger partial charge < -0.3 is 14.8 Å². The molecular weight excluding hydrogens is 342 g/mol. The third kappa shape index (κ3) is 3.68. The highest BCUT2D eigenvalue weighted by molar-refractivity contribution is 5.94. The second kappa shape index (κ2) is 7.06. The molecule has 1 N–H and O–H groups in total. The molecule has 142 valence electrons. The standard InChI is InChI=1S/C22H25NO4/c1-21(2,3)27-20(25)23-22(19(24)26-4)17(15-11-7-5-8-12-15)18(22)16-13-9-6-10-14-16/h5-14,17-18H,1-4H3,(H,23,25)/t17-,18-/m1/s1. The molecule has 3 rings (SSSR count). The topological polar surface area (TPSA) is 64.6 Å². The molecule has 2 atom stereocenters. The number of carbonyl (C=O) groups is 2. The lowest BCUT2D eigenvalue weighted by atomic mass is 10.0. The van der Waals surface area contributed by atoms with Crippen molar-refractivity contribution in [1.29, 1.82) is 0 Å². The molecule has 0 spiro atoms. The third-order valence-electron chi connectivity index (χ3n) is 4.75. The Bertz CT molecular complexity index is 766. The van der Waals surface area contributed by atoms with Gasteiger partial charge in [-0.2, -0.15) is 0 Å². The molecule has 1 aliphatic carbocycles. The van der Waals surface area contributed by atoms with Crippen molar-refractivity contribution >= 4 is 12.1 Å². The molecule has 1 aliphatic rings. The number of carbonyl (C=O) groups excluding carboxylic acids is 2. The maximum Gasteiger partial charge on any atom is 0.408 e. The molecule has 0 aliphatic heterocycles. The van der Waals surface area contributed by atoms with Crippen molar-refractivity contribution < 1.29 is 19.1 Å². The van der Waals surface area contributed by atoms with Gasteiger partial charge in [0.2, 0.25) is 0 Å². The highest BCUT2D eigenvalue weighted by atomic mass is 16.6. The first-order valence-corrected chi connectivity index (χ1v) is 8.99.